The van der Waals surface area contributed by atoms with Gasteiger partial charge in [0.25, 0.3) is 5.91 Å². The van der Waals surface area contributed by atoms with Crippen LogP contribution in [0.4, 0.5) is 0 Å². The number of nitrogens with one attached hydrogen (secondary N) is 3. The molecule has 6 nitrogen and oxygen atoms in total. The first-order valence-electron chi connectivity index (χ1n) is 8.11. The van der Waals surface area contributed by atoms with E-state index >= 15 is 0 Å². The third-order valence-corrected chi connectivity index (χ3v) is 3.78. The average Bonchev–Trinajstić information content (AvgIpc) is 2.53. The summed E-state index contributed by atoms with van der Waals surface area (Å²) in [6.07, 6.45) is 0.538. The molecule has 0 aliphatic rings. The molecule has 1 aromatic rings. The summed E-state index contributed by atoms with van der Waals surface area (Å²) in [6, 6.07) is 4.78. The van der Waals surface area contributed by atoms with Crippen LogP contribution in [0.5, 0.6) is 0 Å². The summed E-state index contributed by atoms with van der Waals surface area (Å²) in [6.45, 7) is 7.68. The molecule has 1 rings (SSSR count). The molecule has 132 valence electrons. The molecule has 0 saturated carbocycles. The van der Waals surface area contributed by atoms with Gasteiger partial charge in [-0.15, -0.1) is 0 Å². The van der Waals surface area contributed by atoms with Gasteiger partial charge in [0, 0.05) is 12.6 Å². The van der Waals surface area contributed by atoms with Gasteiger partial charge in [-0.25, -0.2) is 0 Å². The van der Waals surface area contributed by atoms with Gasteiger partial charge in [0.1, 0.15) is 6.04 Å². The predicted octanol–water partition coefficient (Wildman–Crippen LogP) is 1.31. The van der Waals surface area contributed by atoms with Crippen LogP contribution in [-0.4, -0.2) is 37.4 Å². The highest BCUT2D eigenvalue weighted by Gasteiger charge is 2.21. The first-order chi connectivity index (χ1) is 11.2. The first-order valence-corrected chi connectivity index (χ1v) is 8.11. The number of hydrogen-bond donors (Lipinski definition) is 3. The van der Waals surface area contributed by atoms with Crippen LogP contribution in [0.1, 0.15) is 41.8 Å². The van der Waals surface area contributed by atoms with E-state index in [0.717, 1.165) is 11.1 Å². The zero-order valence-electron chi connectivity index (χ0n) is 15.0. The van der Waals surface area contributed by atoms with E-state index in [9.17, 15) is 14.4 Å². The van der Waals surface area contributed by atoms with Crippen LogP contribution >= 0.6 is 0 Å². The van der Waals surface area contributed by atoms with Crippen molar-refractivity contribution in [2.24, 2.45) is 5.92 Å². The second kappa shape index (κ2) is 9.05. The molecule has 0 spiro atoms. The summed E-state index contributed by atoms with van der Waals surface area (Å²) in [5.41, 5.74) is 2.63. The Morgan fingerprint density at radius 3 is 2.29 bits per heavy atom. The zero-order chi connectivity index (χ0) is 18.3. The molecular formula is C18H27N3O3. The fourth-order valence-electron chi connectivity index (χ4n) is 2.27. The maximum absolute atomic E-state index is 12.1. The Labute approximate surface area is 143 Å². The van der Waals surface area contributed by atoms with E-state index in [1.807, 2.05) is 33.8 Å². The molecule has 0 aliphatic heterocycles. The minimum absolute atomic E-state index is 0.169. The maximum Gasteiger partial charge on any atom is 0.251 e. The smallest absolute Gasteiger partial charge is 0.251 e. The summed E-state index contributed by atoms with van der Waals surface area (Å²) >= 11 is 0. The molecule has 1 atom stereocenters. The first kappa shape index (κ1) is 19.7. The predicted molar refractivity (Wildman–Crippen MR) is 93.7 cm³/mol. The molecule has 0 fully saturated rings. The van der Waals surface area contributed by atoms with Crippen molar-refractivity contribution in [3.05, 3.63) is 34.9 Å². The Balaban J connectivity index is 2.58. The number of carbonyl (C=O) groups is 3. The molecule has 3 amide bonds. The minimum Gasteiger partial charge on any atom is -0.357 e. The van der Waals surface area contributed by atoms with Crippen molar-refractivity contribution in [3.8, 4) is 0 Å². The molecule has 0 bridgehead atoms. The van der Waals surface area contributed by atoms with Crippen LogP contribution in [0.15, 0.2) is 18.2 Å². The largest absolute Gasteiger partial charge is 0.357 e. The monoisotopic (exact) mass is 333 g/mol. The van der Waals surface area contributed by atoms with Crippen LogP contribution in [0.3, 0.4) is 0 Å². The van der Waals surface area contributed by atoms with Crippen molar-refractivity contribution >= 4 is 17.7 Å². The molecule has 0 aromatic heterocycles. The number of carbonyl (C=O) groups excluding carboxylic acids is 3. The van der Waals surface area contributed by atoms with Gasteiger partial charge in [-0.2, -0.15) is 0 Å². The number of aryl methyl sites for hydroxylation is 2. The molecule has 0 saturated heterocycles. The number of amides is 3. The molecule has 0 unspecified atom stereocenters. The Kier molecular flexibility index (Phi) is 7.42. The van der Waals surface area contributed by atoms with Gasteiger partial charge in [-0.05, 0) is 49.4 Å². The van der Waals surface area contributed by atoms with Crippen molar-refractivity contribution < 1.29 is 14.4 Å². The lowest BCUT2D eigenvalue weighted by atomic mass is 10.0. The number of hydrogen-bond acceptors (Lipinski definition) is 3. The van der Waals surface area contributed by atoms with Crippen LogP contribution < -0.4 is 16.0 Å². The lowest BCUT2D eigenvalue weighted by Gasteiger charge is -2.19. The van der Waals surface area contributed by atoms with Crippen molar-refractivity contribution in [2.75, 3.05) is 13.6 Å². The van der Waals surface area contributed by atoms with Crippen molar-refractivity contribution in [2.45, 2.75) is 40.2 Å². The van der Waals surface area contributed by atoms with Crippen molar-refractivity contribution in [1.29, 1.82) is 0 Å². The average molecular weight is 333 g/mol. The van der Waals surface area contributed by atoms with Crippen LogP contribution in [-0.2, 0) is 9.59 Å². The summed E-state index contributed by atoms with van der Waals surface area (Å²) in [4.78, 5) is 35.9. The highest BCUT2D eigenvalue weighted by atomic mass is 16.2. The highest BCUT2D eigenvalue weighted by Crippen LogP contribution is 2.09. The van der Waals surface area contributed by atoms with Gasteiger partial charge in [0.2, 0.25) is 11.8 Å². The van der Waals surface area contributed by atoms with E-state index in [-0.39, 0.29) is 30.2 Å². The van der Waals surface area contributed by atoms with Gasteiger partial charge < -0.3 is 16.0 Å². The molecule has 24 heavy (non-hydrogen) atoms. The van der Waals surface area contributed by atoms with Gasteiger partial charge >= 0.3 is 0 Å². The highest BCUT2D eigenvalue weighted by molar-refractivity contribution is 5.97. The topological polar surface area (TPSA) is 87.3 Å². The van der Waals surface area contributed by atoms with Gasteiger partial charge in [-0.1, -0.05) is 19.9 Å². The Morgan fingerprint density at radius 2 is 1.75 bits per heavy atom. The molecule has 6 heteroatoms. The van der Waals surface area contributed by atoms with E-state index in [2.05, 4.69) is 16.0 Å². The molecular weight excluding hydrogens is 306 g/mol. The third kappa shape index (κ3) is 6.02. The number of benzene rings is 1. The normalized spacial score (nSPS) is 11.8. The van der Waals surface area contributed by atoms with E-state index < -0.39 is 6.04 Å². The van der Waals surface area contributed by atoms with Gasteiger partial charge in [0.15, 0.2) is 0 Å². The Bertz CT molecular complexity index is 612. The second-order valence-electron chi connectivity index (χ2n) is 6.35. The van der Waals surface area contributed by atoms with Crippen molar-refractivity contribution in [3.63, 3.8) is 0 Å². The van der Waals surface area contributed by atoms with Crippen LogP contribution in [0.25, 0.3) is 0 Å². The van der Waals surface area contributed by atoms with Gasteiger partial charge in [0.05, 0.1) is 6.54 Å². The van der Waals surface area contributed by atoms with Crippen LogP contribution in [0, 0.1) is 19.8 Å². The molecule has 0 radical (unpaired) electrons. The Morgan fingerprint density at radius 1 is 1.08 bits per heavy atom. The Hall–Kier alpha value is -2.37. The van der Waals surface area contributed by atoms with E-state index in [4.69, 9.17) is 0 Å². The quantitative estimate of drug-likeness (QED) is 0.703. The fraction of sp³-hybridized carbons (Fsp3) is 0.500. The van der Waals surface area contributed by atoms with Crippen LogP contribution in [0.2, 0.25) is 0 Å². The molecule has 0 aliphatic carbocycles. The lowest BCUT2D eigenvalue weighted by Crippen LogP contribution is -2.49. The van der Waals surface area contributed by atoms with Gasteiger partial charge in [-0.3, -0.25) is 14.4 Å². The molecule has 3 N–H and O–H groups in total. The van der Waals surface area contributed by atoms with E-state index in [1.54, 1.807) is 12.1 Å². The summed E-state index contributed by atoms with van der Waals surface area (Å²) < 4.78 is 0. The summed E-state index contributed by atoms with van der Waals surface area (Å²) in [5.74, 6) is -0.676. The standard InChI is InChI=1S/C18H27N3O3/c1-11(2)8-15(18(24)19-5)21-16(22)10-20-17(23)14-7-6-12(3)13(4)9-14/h6-7,9,11,15H,8,10H2,1-5H3,(H,19,24)(H,20,23)(H,21,22)/t15-/m0/s1. The summed E-state index contributed by atoms with van der Waals surface area (Å²) in [7, 11) is 1.53. The molecule has 1 aromatic carbocycles. The second-order valence-corrected chi connectivity index (χ2v) is 6.35. The SMILES string of the molecule is CNC(=O)[C@H](CC(C)C)NC(=O)CNC(=O)c1ccc(C)c(C)c1. The van der Waals surface area contributed by atoms with E-state index in [1.165, 1.54) is 7.05 Å². The molecule has 0 heterocycles. The number of likely N-dealkylation sites (N-methyl/N-ethyl adjacent to an activating group) is 1. The number of rotatable bonds is 7. The van der Waals surface area contributed by atoms with Crippen molar-refractivity contribution in [1.82, 2.24) is 16.0 Å². The fourth-order valence-corrected chi connectivity index (χ4v) is 2.27. The lowest BCUT2D eigenvalue weighted by molar-refractivity contribution is -0.128. The minimum atomic E-state index is -0.596. The van der Waals surface area contributed by atoms with E-state index in [0.29, 0.717) is 12.0 Å². The zero-order valence-corrected chi connectivity index (χ0v) is 15.0. The summed E-state index contributed by atoms with van der Waals surface area (Å²) in [5, 5.41) is 7.78. The maximum atomic E-state index is 12.1. The third-order valence-electron chi connectivity index (χ3n) is 3.78.